The molecule has 4 heteroatoms. The van der Waals surface area contributed by atoms with Gasteiger partial charge in [0.2, 0.25) is 6.79 Å². The van der Waals surface area contributed by atoms with Gasteiger partial charge >= 0.3 is 0 Å². The second-order valence-electron chi connectivity index (χ2n) is 4.52. The number of hydrogen-bond acceptors (Lipinski definition) is 3. The van der Waals surface area contributed by atoms with Crippen molar-refractivity contribution in [2.45, 2.75) is 13.0 Å². The van der Waals surface area contributed by atoms with E-state index < -0.39 is 6.10 Å². The zero-order valence-electron chi connectivity index (χ0n) is 10.4. The first-order valence-electron chi connectivity index (χ1n) is 5.99. The Kier molecular flexibility index (Phi) is 2.87. The smallest absolute Gasteiger partial charge is 0.231 e. The summed E-state index contributed by atoms with van der Waals surface area (Å²) in [6.07, 6.45) is -0.884. The number of fused-ring (bicyclic) bond motifs is 1. The molecule has 1 aliphatic heterocycles. The topological polar surface area (TPSA) is 38.7 Å². The molecule has 1 aliphatic rings. The lowest BCUT2D eigenvalue weighted by atomic mass is 9.97. The first kappa shape index (κ1) is 12.0. The summed E-state index contributed by atoms with van der Waals surface area (Å²) in [7, 11) is 0. The van der Waals surface area contributed by atoms with Gasteiger partial charge < -0.3 is 14.6 Å². The van der Waals surface area contributed by atoms with Crippen LogP contribution in [0.15, 0.2) is 36.4 Å². The summed E-state index contributed by atoms with van der Waals surface area (Å²) in [5.41, 5.74) is 2.04. The standard InChI is InChI=1S/C15H13FO3/c1-9-2-4-11(16)7-12(9)15(17)10-3-5-13-14(6-10)19-8-18-13/h2-7,15,17H,8H2,1H3. The van der Waals surface area contributed by atoms with Crippen molar-refractivity contribution < 1.29 is 19.0 Å². The Morgan fingerprint density at radius 1 is 1.11 bits per heavy atom. The van der Waals surface area contributed by atoms with Gasteiger partial charge in [0.05, 0.1) is 0 Å². The Bertz CT molecular complexity index is 625. The minimum atomic E-state index is -0.884. The van der Waals surface area contributed by atoms with Gasteiger partial charge in [0.15, 0.2) is 11.5 Å². The summed E-state index contributed by atoms with van der Waals surface area (Å²) in [4.78, 5) is 0. The van der Waals surface area contributed by atoms with E-state index in [-0.39, 0.29) is 12.6 Å². The van der Waals surface area contributed by atoms with Gasteiger partial charge in [-0.1, -0.05) is 12.1 Å². The molecule has 3 rings (SSSR count). The fourth-order valence-electron chi connectivity index (χ4n) is 2.17. The van der Waals surface area contributed by atoms with Crippen LogP contribution < -0.4 is 9.47 Å². The summed E-state index contributed by atoms with van der Waals surface area (Å²) in [6, 6.07) is 9.60. The number of hydrogen-bond donors (Lipinski definition) is 1. The number of halogens is 1. The highest BCUT2D eigenvalue weighted by Crippen LogP contribution is 2.36. The maximum absolute atomic E-state index is 13.3. The van der Waals surface area contributed by atoms with Gasteiger partial charge in [-0.2, -0.15) is 0 Å². The van der Waals surface area contributed by atoms with Gasteiger partial charge in [0.1, 0.15) is 11.9 Å². The molecule has 0 amide bonds. The average Bonchev–Trinajstić information content (AvgIpc) is 2.88. The Morgan fingerprint density at radius 2 is 1.89 bits per heavy atom. The van der Waals surface area contributed by atoms with Crippen LogP contribution in [0.4, 0.5) is 4.39 Å². The highest BCUT2D eigenvalue weighted by Gasteiger charge is 2.19. The predicted molar refractivity (Wildman–Crippen MR) is 67.8 cm³/mol. The molecule has 19 heavy (non-hydrogen) atoms. The van der Waals surface area contributed by atoms with Gasteiger partial charge in [0.25, 0.3) is 0 Å². The van der Waals surface area contributed by atoms with E-state index in [4.69, 9.17) is 9.47 Å². The SMILES string of the molecule is Cc1ccc(F)cc1C(O)c1ccc2c(c1)OCO2. The van der Waals surface area contributed by atoms with E-state index >= 15 is 0 Å². The average molecular weight is 260 g/mol. The fraction of sp³-hybridized carbons (Fsp3) is 0.200. The van der Waals surface area contributed by atoms with Gasteiger partial charge in [-0.15, -0.1) is 0 Å². The summed E-state index contributed by atoms with van der Waals surface area (Å²) in [5, 5.41) is 10.4. The summed E-state index contributed by atoms with van der Waals surface area (Å²) < 4.78 is 23.8. The largest absolute Gasteiger partial charge is 0.454 e. The quantitative estimate of drug-likeness (QED) is 0.902. The Balaban J connectivity index is 1.99. The minimum absolute atomic E-state index is 0.188. The van der Waals surface area contributed by atoms with E-state index in [0.717, 1.165) is 5.56 Å². The van der Waals surface area contributed by atoms with Crippen molar-refractivity contribution >= 4 is 0 Å². The number of ether oxygens (including phenoxy) is 2. The third kappa shape index (κ3) is 2.15. The molecule has 0 aliphatic carbocycles. The van der Waals surface area contributed by atoms with Crippen LogP contribution in [0.25, 0.3) is 0 Å². The molecule has 0 radical (unpaired) electrons. The second-order valence-corrected chi connectivity index (χ2v) is 4.52. The fourth-order valence-corrected chi connectivity index (χ4v) is 2.17. The van der Waals surface area contributed by atoms with E-state index in [9.17, 15) is 9.50 Å². The first-order valence-corrected chi connectivity index (χ1v) is 5.99. The molecule has 0 aromatic heterocycles. The third-order valence-corrected chi connectivity index (χ3v) is 3.25. The number of aryl methyl sites for hydroxylation is 1. The van der Waals surface area contributed by atoms with E-state index in [0.29, 0.717) is 22.6 Å². The lowest BCUT2D eigenvalue weighted by molar-refractivity contribution is 0.173. The normalized spacial score (nSPS) is 14.5. The van der Waals surface area contributed by atoms with Crippen LogP contribution in [0, 0.1) is 12.7 Å². The summed E-state index contributed by atoms with van der Waals surface area (Å²) in [6.45, 7) is 2.03. The van der Waals surface area contributed by atoms with Crippen molar-refractivity contribution in [3.8, 4) is 11.5 Å². The predicted octanol–water partition coefficient (Wildman–Crippen LogP) is 2.94. The van der Waals surface area contributed by atoms with Crippen LogP contribution in [-0.4, -0.2) is 11.9 Å². The monoisotopic (exact) mass is 260 g/mol. The molecule has 0 saturated heterocycles. The van der Waals surface area contributed by atoms with Crippen molar-refractivity contribution in [3.05, 3.63) is 58.9 Å². The maximum Gasteiger partial charge on any atom is 0.231 e. The third-order valence-electron chi connectivity index (χ3n) is 3.25. The van der Waals surface area contributed by atoms with Crippen molar-refractivity contribution in [1.29, 1.82) is 0 Å². The molecule has 2 aromatic rings. The van der Waals surface area contributed by atoms with E-state index in [1.807, 2.05) is 6.92 Å². The molecular weight excluding hydrogens is 247 g/mol. The molecule has 0 saturated carbocycles. The molecule has 3 nitrogen and oxygen atoms in total. The second kappa shape index (κ2) is 4.55. The van der Waals surface area contributed by atoms with Gasteiger partial charge in [0, 0.05) is 0 Å². The van der Waals surface area contributed by atoms with E-state index in [1.165, 1.54) is 12.1 Å². The van der Waals surface area contributed by atoms with Crippen LogP contribution in [0.1, 0.15) is 22.8 Å². The Hall–Kier alpha value is -2.07. The number of benzene rings is 2. The molecule has 1 heterocycles. The van der Waals surface area contributed by atoms with Crippen LogP contribution in [0.2, 0.25) is 0 Å². The van der Waals surface area contributed by atoms with Gasteiger partial charge in [-0.25, -0.2) is 4.39 Å². The Morgan fingerprint density at radius 3 is 2.74 bits per heavy atom. The van der Waals surface area contributed by atoms with Crippen LogP contribution in [-0.2, 0) is 0 Å². The zero-order valence-corrected chi connectivity index (χ0v) is 10.4. The molecule has 0 bridgehead atoms. The molecule has 1 atom stereocenters. The lowest BCUT2D eigenvalue weighted by Gasteiger charge is -2.14. The number of rotatable bonds is 2. The van der Waals surface area contributed by atoms with Crippen molar-refractivity contribution in [1.82, 2.24) is 0 Å². The van der Waals surface area contributed by atoms with Crippen molar-refractivity contribution in [2.24, 2.45) is 0 Å². The lowest BCUT2D eigenvalue weighted by Crippen LogP contribution is -2.02. The molecule has 1 N–H and O–H groups in total. The highest BCUT2D eigenvalue weighted by atomic mass is 19.1. The highest BCUT2D eigenvalue weighted by molar-refractivity contribution is 5.47. The van der Waals surface area contributed by atoms with Crippen molar-refractivity contribution in [3.63, 3.8) is 0 Å². The maximum atomic E-state index is 13.3. The van der Waals surface area contributed by atoms with Crippen LogP contribution in [0.5, 0.6) is 11.5 Å². The first-order chi connectivity index (χ1) is 9.15. The van der Waals surface area contributed by atoms with E-state index in [1.54, 1.807) is 24.3 Å². The van der Waals surface area contributed by atoms with Gasteiger partial charge in [-0.05, 0) is 47.9 Å². The van der Waals surface area contributed by atoms with Crippen molar-refractivity contribution in [2.75, 3.05) is 6.79 Å². The van der Waals surface area contributed by atoms with Gasteiger partial charge in [-0.3, -0.25) is 0 Å². The number of aliphatic hydroxyl groups excluding tert-OH is 1. The Labute approximate surface area is 110 Å². The summed E-state index contributed by atoms with van der Waals surface area (Å²) >= 11 is 0. The zero-order chi connectivity index (χ0) is 13.4. The van der Waals surface area contributed by atoms with E-state index in [2.05, 4.69) is 0 Å². The summed E-state index contributed by atoms with van der Waals surface area (Å²) in [5.74, 6) is 0.901. The molecular formula is C15H13FO3. The molecule has 98 valence electrons. The molecule has 0 spiro atoms. The molecule has 1 unspecified atom stereocenters. The van der Waals surface area contributed by atoms with Crippen LogP contribution >= 0.6 is 0 Å². The minimum Gasteiger partial charge on any atom is -0.454 e. The number of aliphatic hydroxyl groups is 1. The molecule has 2 aromatic carbocycles. The molecule has 0 fully saturated rings. The van der Waals surface area contributed by atoms with Crippen LogP contribution in [0.3, 0.4) is 0 Å².